The fraction of sp³-hybridized carbons (Fsp3) is 0.500. The summed E-state index contributed by atoms with van der Waals surface area (Å²) < 4.78 is 0. The highest BCUT2D eigenvalue weighted by molar-refractivity contribution is 6.02. The van der Waals surface area contributed by atoms with E-state index in [4.69, 9.17) is 5.73 Å². The largest absolute Gasteiger partial charge is 0.351 e. The van der Waals surface area contributed by atoms with Gasteiger partial charge >= 0.3 is 12.1 Å². The number of urea groups is 2. The molecule has 3 N–H and O–H groups in total. The molecule has 0 aromatic heterocycles. The van der Waals surface area contributed by atoms with Gasteiger partial charge in [-0.2, -0.15) is 0 Å². The van der Waals surface area contributed by atoms with Crippen molar-refractivity contribution in [1.29, 1.82) is 0 Å². The molecule has 5 amide bonds. The summed E-state index contributed by atoms with van der Waals surface area (Å²) in [6, 6.07) is -1.68. The molecule has 1 rings (SSSR count). The van der Waals surface area contributed by atoms with E-state index in [-0.39, 0.29) is 5.91 Å². The van der Waals surface area contributed by atoms with Crippen LogP contribution in [0, 0.1) is 0 Å². The molecule has 1 aliphatic heterocycles. The zero-order valence-corrected chi connectivity index (χ0v) is 6.37. The number of primary amides is 1. The minimum absolute atomic E-state index is 0.270. The second-order valence-electron chi connectivity index (χ2n) is 2.44. The van der Waals surface area contributed by atoms with Crippen molar-refractivity contribution < 1.29 is 14.4 Å². The third-order valence-electron chi connectivity index (χ3n) is 1.55. The summed E-state index contributed by atoms with van der Waals surface area (Å²) in [6.07, 6.45) is 0.997. The fourth-order valence-electron chi connectivity index (χ4n) is 1.04. The Kier molecular flexibility index (Phi) is 2.27. The number of carbonyl (C=O) groups is 3. The number of amides is 5. The van der Waals surface area contributed by atoms with Crippen LogP contribution < -0.4 is 11.1 Å². The van der Waals surface area contributed by atoms with Gasteiger partial charge in [-0.25, -0.2) is 9.59 Å². The van der Waals surface area contributed by atoms with Crippen molar-refractivity contribution in [3.05, 3.63) is 0 Å². The van der Waals surface area contributed by atoms with Crippen molar-refractivity contribution in [2.24, 2.45) is 5.73 Å². The Hall–Kier alpha value is -1.59. The van der Waals surface area contributed by atoms with Crippen molar-refractivity contribution in [2.75, 3.05) is 6.54 Å². The van der Waals surface area contributed by atoms with Crippen molar-refractivity contribution in [3.8, 4) is 0 Å². The summed E-state index contributed by atoms with van der Waals surface area (Å²) in [7, 11) is 0. The van der Waals surface area contributed by atoms with Gasteiger partial charge in [-0.05, 0) is 6.42 Å². The predicted octanol–water partition coefficient (Wildman–Crippen LogP) is -0.603. The Bertz CT molecular complexity index is 238. The first-order valence-electron chi connectivity index (χ1n) is 3.52. The maximum Gasteiger partial charge on any atom is 0.332 e. The molecule has 0 saturated carbocycles. The summed E-state index contributed by atoms with van der Waals surface area (Å²) in [4.78, 5) is 33.1. The highest BCUT2D eigenvalue weighted by atomic mass is 16.2. The first-order chi connectivity index (χ1) is 5.61. The summed E-state index contributed by atoms with van der Waals surface area (Å²) in [5.41, 5.74) is 4.70. The number of nitrogens with two attached hydrogens (primary N) is 1. The lowest BCUT2D eigenvalue weighted by molar-refractivity contribution is -0.125. The molecule has 66 valence electrons. The molecule has 0 aliphatic carbocycles. The Morgan fingerprint density at radius 3 is 2.58 bits per heavy atom. The van der Waals surface area contributed by atoms with E-state index in [0.717, 1.165) is 4.90 Å². The molecular formula is C6H9N3O3. The summed E-state index contributed by atoms with van der Waals surface area (Å²) in [5, 5.41) is 1.82. The monoisotopic (exact) mass is 171 g/mol. The van der Waals surface area contributed by atoms with Gasteiger partial charge in [-0.15, -0.1) is 0 Å². The summed E-state index contributed by atoms with van der Waals surface area (Å²) in [6.45, 7) is 0.359. The van der Waals surface area contributed by atoms with E-state index >= 15 is 0 Å². The average Bonchev–Trinajstić information content (AvgIpc) is 2.33. The standard InChI is InChI=1S/C6H9N3O3/c7-5(11)8-6(12)9-3-1-2-4(9)10/h1-3H2,(H3,7,8,11,12). The van der Waals surface area contributed by atoms with Gasteiger partial charge in [-0.1, -0.05) is 0 Å². The predicted molar refractivity (Wildman–Crippen MR) is 39.1 cm³/mol. The molecule has 0 bridgehead atoms. The zero-order chi connectivity index (χ0) is 9.14. The van der Waals surface area contributed by atoms with E-state index in [1.807, 2.05) is 5.32 Å². The van der Waals surface area contributed by atoms with Crippen LogP contribution in [-0.4, -0.2) is 29.4 Å². The molecule has 0 radical (unpaired) electrons. The van der Waals surface area contributed by atoms with E-state index in [9.17, 15) is 14.4 Å². The smallest absolute Gasteiger partial charge is 0.332 e. The van der Waals surface area contributed by atoms with Crippen molar-refractivity contribution in [1.82, 2.24) is 10.2 Å². The van der Waals surface area contributed by atoms with Gasteiger partial charge in [0.2, 0.25) is 5.91 Å². The topological polar surface area (TPSA) is 92.5 Å². The van der Waals surface area contributed by atoms with E-state index in [1.54, 1.807) is 0 Å². The lowest BCUT2D eigenvalue weighted by atomic mass is 10.4. The SMILES string of the molecule is NC(=O)NC(=O)N1CCCC1=O. The van der Waals surface area contributed by atoms with Gasteiger partial charge in [0.15, 0.2) is 0 Å². The molecule has 0 unspecified atom stereocenters. The third kappa shape index (κ3) is 1.71. The van der Waals surface area contributed by atoms with E-state index in [0.29, 0.717) is 19.4 Å². The van der Waals surface area contributed by atoms with Gasteiger partial charge < -0.3 is 5.73 Å². The number of imide groups is 2. The van der Waals surface area contributed by atoms with Gasteiger partial charge in [0.25, 0.3) is 0 Å². The second-order valence-corrected chi connectivity index (χ2v) is 2.44. The minimum atomic E-state index is -0.945. The summed E-state index contributed by atoms with van der Waals surface area (Å²) in [5.74, 6) is -0.270. The highest BCUT2D eigenvalue weighted by Crippen LogP contribution is 2.08. The maximum absolute atomic E-state index is 11.0. The Labute approximate surface area is 68.7 Å². The van der Waals surface area contributed by atoms with Crippen LogP contribution in [-0.2, 0) is 4.79 Å². The zero-order valence-electron chi connectivity index (χ0n) is 6.37. The average molecular weight is 171 g/mol. The number of rotatable bonds is 0. The van der Waals surface area contributed by atoms with Gasteiger partial charge in [0.1, 0.15) is 0 Å². The molecule has 6 nitrogen and oxygen atoms in total. The molecule has 0 spiro atoms. The van der Waals surface area contributed by atoms with E-state index in [1.165, 1.54) is 0 Å². The van der Waals surface area contributed by atoms with Crippen molar-refractivity contribution >= 4 is 18.0 Å². The molecule has 12 heavy (non-hydrogen) atoms. The van der Waals surface area contributed by atoms with Crippen LogP contribution >= 0.6 is 0 Å². The number of nitrogens with zero attached hydrogens (tertiary/aromatic N) is 1. The van der Waals surface area contributed by atoms with Crippen molar-refractivity contribution in [2.45, 2.75) is 12.8 Å². The minimum Gasteiger partial charge on any atom is -0.351 e. The highest BCUT2D eigenvalue weighted by Gasteiger charge is 2.26. The molecule has 1 fully saturated rings. The normalized spacial score (nSPS) is 16.3. The van der Waals surface area contributed by atoms with Crippen LogP contribution in [0.2, 0.25) is 0 Å². The quantitative estimate of drug-likeness (QED) is 0.509. The molecular weight excluding hydrogens is 162 g/mol. The van der Waals surface area contributed by atoms with Gasteiger partial charge in [0, 0.05) is 13.0 Å². The molecule has 0 atom stereocenters. The van der Waals surface area contributed by atoms with E-state index in [2.05, 4.69) is 0 Å². The first kappa shape index (κ1) is 8.51. The lowest BCUT2D eigenvalue weighted by Crippen LogP contribution is -2.45. The molecule has 0 aromatic carbocycles. The van der Waals surface area contributed by atoms with E-state index < -0.39 is 12.1 Å². The van der Waals surface area contributed by atoms with Gasteiger partial charge in [-0.3, -0.25) is 15.0 Å². The Balaban J connectivity index is 2.52. The second kappa shape index (κ2) is 3.21. The number of hydrogen-bond donors (Lipinski definition) is 2. The number of likely N-dealkylation sites (tertiary alicyclic amines) is 1. The Morgan fingerprint density at radius 1 is 1.50 bits per heavy atom. The maximum atomic E-state index is 11.0. The third-order valence-corrected chi connectivity index (χ3v) is 1.55. The number of hydrogen-bond acceptors (Lipinski definition) is 3. The lowest BCUT2D eigenvalue weighted by Gasteiger charge is -2.11. The van der Waals surface area contributed by atoms with Gasteiger partial charge in [0.05, 0.1) is 0 Å². The Morgan fingerprint density at radius 2 is 2.17 bits per heavy atom. The fourth-order valence-corrected chi connectivity index (χ4v) is 1.04. The van der Waals surface area contributed by atoms with Crippen LogP contribution in [0.1, 0.15) is 12.8 Å². The number of carbonyl (C=O) groups excluding carboxylic acids is 3. The first-order valence-corrected chi connectivity index (χ1v) is 3.52. The molecule has 6 heteroatoms. The molecule has 1 saturated heterocycles. The van der Waals surface area contributed by atoms with Crippen LogP contribution in [0.3, 0.4) is 0 Å². The van der Waals surface area contributed by atoms with Crippen LogP contribution in [0.5, 0.6) is 0 Å². The number of nitrogens with one attached hydrogen (secondary N) is 1. The van der Waals surface area contributed by atoms with Crippen LogP contribution in [0.25, 0.3) is 0 Å². The summed E-state index contributed by atoms with van der Waals surface area (Å²) >= 11 is 0. The molecule has 1 aliphatic rings. The molecule has 0 aromatic rings. The van der Waals surface area contributed by atoms with Crippen LogP contribution in [0.4, 0.5) is 9.59 Å². The van der Waals surface area contributed by atoms with Crippen molar-refractivity contribution in [3.63, 3.8) is 0 Å². The van der Waals surface area contributed by atoms with Crippen LogP contribution in [0.15, 0.2) is 0 Å². The molecule has 1 heterocycles.